The first-order chi connectivity index (χ1) is 14.1. The van der Waals surface area contributed by atoms with E-state index in [0.717, 1.165) is 11.8 Å². The summed E-state index contributed by atoms with van der Waals surface area (Å²) in [7, 11) is 0. The first-order valence-electron chi connectivity index (χ1n) is 8.74. The lowest BCUT2D eigenvalue weighted by Crippen LogP contribution is -2.49. The molecular weight excluding hydrogens is 438 g/mol. The number of benzene rings is 1. The Morgan fingerprint density at radius 2 is 1.73 bits per heavy atom. The maximum absolute atomic E-state index is 12.2. The molecule has 0 aliphatic carbocycles. The number of hydrogen-bond acceptors (Lipinski definition) is 7. The number of rotatable bonds is 13. The van der Waals surface area contributed by atoms with Crippen LogP contribution < -0.4 is 16.4 Å². The Morgan fingerprint density at radius 1 is 1.10 bits per heavy atom. The molecule has 10 nitrogen and oxygen atoms in total. The molecule has 0 aliphatic rings. The number of aliphatic carboxylic acids is 2. The van der Waals surface area contributed by atoms with Gasteiger partial charge in [-0.2, -0.15) is 11.8 Å². The first-order valence-corrected chi connectivity index (χ1v) is 10.3. The molecule has 0 bridgehead atoms. The molecular formula is C18H22ClN3O7S. The Balaban J connectivity index is 2.63. The molecule has 0 heterocycles. The number of carbonyl (C=O) groups excluding carboxylic acids is 3. The smallest absolute Gasteiger partial charge is 0.322 e. The highest BCUT2D eigenvalue weighted by molar-refractivity contribution is 8.00. The van der Waals surface area contributed by atoms with E-state index in [-0.39, 0.29) is 30.1 Å². The van der Waals surface area contributed by atoms with E-state index >= 15 is 0 Å². The van der Waals surface area contributed by atoms with Gasteiger partial charge in [0.05, 0.1) is 5.75 Å². The van der Waals surface area contributed by atoms with Crippen molar-refractivity contribution in [2.45, 2.75) is 24.9 Å². The third kappa shape index (κ3) is 9.72. The van der Waals surface area contributed by atoms with E-state index in [0.29, 0.717) is 10.6 Å². The number of carboxylic acids is 2. The molecule has 0 radical (unpaired) electrons. The average molecular weight is 460 g/mol. The highest BCUT2D eigenvalue weighted by Crippen LogP contribution is 2.13. The van der Waals surface area contributed by atoms with Gasteiger partial charge in [-0.15, -0.1) is 0 Å². The summed E-state index contributed by atoms with van der Waals surface area (Å²) in [6.45, 7) is -0.635. The van der Waals surface area contributed by atoms with Gasteiger partial charge >= 0.3 is 11.9 Å². The van der Waals surface area contributed by atoms with Gasteiger partial charge in [-0.3, -0.25) is 24.0 Å². The van der Waals surface area contributed by atoms with Crippen LogP contribution >= 0.6 is 23.4 Å². The largest absolute Gasteiger partial charge is 0.480 e. The molecule has 0 aliphatic heterocycles. The van der Waals surface area contributed by atoms with E-state index in [1.165, 1.54) is 0 Å². The van der Waals surface area contributed by atoms with Crippen molar-refractivity contribution >= 4 is 52.9 Å². The number of carbonyl (C=O) groups is 5. The van der Waals surface area contributed by atoms with Crippen molar-refractivity contribution in [2.75, 3.05) is 18.1 Å². The number of thioether (sulfide) groups is 1. The van der Waals surface area contributed by atoms with Crippen molar-refractivity contribution in [1.29, 1.82) is 0 Å². The van der Waals surface area contributed by atoms with E-state index in [2.05, 4.69) is 10.6 Å². The lowest BCUT2D eigenvalue weighted by molar-refractivity contribution is -0.139. The zero-order valence-electron chi connectivity index (χ0n) is 15.8. The fraction of sp³-hybridized carbons (Fsp3) is 0.389. The maximum atomic E-state index is 12.2. The van der Waals surface area contributed by atoms with Crippen LogP contribution in [0.2, 0.25) is 5.02 Å². The molecule has 0 saturated carbocycles. The summed E-state index contributed by atoms with van der Waals surface area (Å²) in [6.07, 6.45) is -0.364. The highest BCUT2D eigenvalue weighted by atomic mass is 35.5. The van der Waals surface area contributed by atoms with Crippen molar-refractivity contribution in [2.24, 2.45) is 5.73 Å². The molecule has 164 valence electrons. The average Bonchev–Trinajstić information content (AvgIpc) is 2.69. The van der Waals surface area contributed by atoms with E-state index in [9.17, 15) is 24.0 Å². The lowest BCUT2D eigenvalue weighted by atomic mass is 10.1. The summed E-state index contributed by atoms with van der Waals surface area (Å²) in [5.41, 5.74) is 5.78. The standard InChI is InChI=1S/C18H22ClN3O7S/c19-11-3-1-10(2-4-11)14(23)9-30-8-13(17(27)21-7-16(25)26)22-15(24)6-5-12(20)18(28)29/h1-4,12-13H,5-9,20H2,(H,21,27)(H,22,24)(H,25,26)(H,28,29)/t12?,13-/m0/s1. The molecule has 1 aromatic carbocycles. The normalized spacial score (nSPS) is 12.5. The Kier molecular flexibility index (Phi) is 10.9. The highest BCUT2D eigenvalue weighted by Gasteiger charge is 2.23. The molecule has 2 atom stereocenters. The zero-order chi connectivity index (χ0) is 22.7. The minimum Gasteiger partial charge on any atom is -0.480 e. The predicted octanol–water partition coefficient (Wildman–Crippen LogP) is 0.134. The van der Waals surface area contributed by atoms with Gasteiger partial charge in [0.15, 0.2) is 5.78 Å². The SMILES string of the molecule is NC(CCC(=O)N[C@@H](CSCC(=O)c1ccc(Cl)cc1)C(=O)NCC(=O)O)C(=O)O. The molecule has 1 rings (SSSR count). The molecule has 2 amide bonds. The summed E-state index contributed by atoms with van der Waals surface area (Å²) in [6, 6.07) is 3.95. The number of nitrogens with two attached hydrogens (primary N) is 1. The van der Waals surface area contributed by atoms with E-state index in [4.69, 9.17) is 27.5 Å². The third-order valence-electron chi connectivity index (χ3n) is 3.75. The lowest BCUT2D eigenvalue weighted by Gasteiger charge is -2.18. The maximum Gasteiger partial charge on any atom is 0.322 e. The predicted molar refractivity (Wildman–Crippen MR) is 111 cm³/mol. The van der Waals surface area contributed by atoms with Gasteiger partial charge in [0, 0.05) is 22.8 Å². The second-order valence-corrected chi connectivity index (χ2v) is 7.63. The molecule has 0 spiro atoms. The molecule has 0 aromatic heterocycles. The fourth-order valence-electron chi connectivity index (χ4n) is 2.13. The quantitative estimate of drug-likeness (QED) is 0.256. The van der Waals surface area contributed by atoms with Crippen LogP contribution in [0.5, 0.6) is 0 Å². The van der Waals surface area contributed by atoms with E-state index < -0.39 is 42.4 Å². The number of ketones is 1. The van der Waals surface area contributed by atoms with Crippen molar-refractivity contribution in [3.8, 4) is 0 Å². The third-order valence-corrected chi connectivity index (χ3v) is 5.04. The Morgan fingerprint density at radius 3 is 2.30 bits per heavy atom. The van der Waals surface area contributed by atoms with Crippen molar-refractivity contribution in [3.05, 3.63) is 34.9 Å². The van der Waals surface area contributed by atoms with Gasteiger partial charge in [-0.25, -0.2) is 0 Å². The van der Waals surface area contributed by atoms with Gasteiger partial charge in [0.2, 0.25) is 11.8 Å². The van der Waals surface area contributed by atoms with Gasteiger partial charge in [-0.05, 0) is 30.7 Å². The van der Waals surface area contributed by atoms with Crippen LogP contribution in [0.3, 0.4) is 0 Å². The minimum absolute atomic E-state index is 0.00149. The number of nitrogens with one attached hydrogen (secondary N) is 2. The molecule has 1 unspecified atom stereocenters. The summed E-state index contributed by atoms with van der Waals surface area (Å²) in [5.74, 6) is -4.06. The van der Waals surface area contributed by atoms with Crippen LogP contribution in [0.25, 0.3) is 0 Å². The van der Waals surface area contributed by atoms with E-state index in [1.54, 1.807) is 24.3 Å². The first kappa shape index (κ1) is 25.4. The Bertz CT molecular complexity index is 788. The van der Waals surface area contributed by atoms with Crippen LogP contribution in [-0.2, 0) is 19.2 Å². The van der Waals surface area contributed by atoms with Gasteiger partial charge < -0.3 is 26.6 Å². The van der Waals surface area contributed by atoms with Crippen LogP contribution in [-0.4, -0.2) is 69.9 Å². The second kappa shape index (κ2) is 12.8. The van der Waals surface area contributed by atoms with Crippen molar-refractivity contribution in [3.63, 3.8) is 0 Å². The van der Waals surface area contributed by atoms with Crippen LogP contribution in [0.15, 0.2) is 24.3 Å². The Hall–Kier alpha value is -2.63. The molecule has 6 N–H and O–H groups in total. The number of hydrogen-bond donors (Lipinski definition) is 5. The van der Waals surface area contributed by atoms with E-state index in [1.807, 2.05) is 0 Å². The topological polar surface area (TPSA) is 176 Å². The van der Waals surface area contributed by atoms with Crippen LogP contribution in [0.1, 0.15) is 23.2 Å². The van der Waals surface area contributed by atoms with Crippen molar-refractivity contribution < 1.29 is 34.2 Å². The van der Waals surface area contributed by atoms with Crippen molar-refractivity contribution in [1.82, 2.24) is 10.6 Å². The van der Waals surface area contributed by atoms with Gasteiger partial charge in [-0.1, -0.05) is 11.6 Å². The second-order valence-electron chi connectivity index (χ2n) is 6.16. The summed E-state index contributed by atoms with van der Waals surface area (Å²) in [4.78, 5) is 57.8. The number of carboxylic acid groups (broad SMARTS) is 2. The molecule has 12 heteroatoms. The minimum atomic E-state index is -1.26. The monoisotopic (exact) mass is 459 g/mol. The zero-order valence-corrected chi connectivity index (χ0v) is 17.4. The van der Waals surface area contributed by atoms with Gasteiger partial charge in [0.1, 0.15) is 18.6 Å². The van der Waals surface area contributed by atoms with Crippen LogP contribution in [0.4, 0.5) is 0 Å². The Labute approximate surface area is 181 Å². The molecule has 1 aromatic rings. The van der Waals surface area contributed by atoms with Gasteiger partial charge in [0.25, 0.3) is 0 Å². The number of Topliss-reactive ketones (excluding diaryl/α,β-unsaturated/α-hetero) is 1. The summed E-state index contributed by atoms with van der Waals surface area (Å²) in [5, 5.41) is 22.5. The molecule has 30 heavy (non-hydrogen) atoms. The molecule has 0 saturated heterocycles. The van der Waals surface area contributed by atoms with Crippen LogP contribution in [0, 0.1) is 0 Å². The fourth-order valence-corrected chi connectivity index (χ4v) is 3.20. The number of amides is 2. The summed E-state index contributed by atoms with van der Waals surface area (Å²) < 4.78 is 0. The number of halogens is 1. The molecule has 0 fully saturated rings. The summed E-state index contributed by atoms with van der Waals surface area (Å²) >= 11 is 6.85.